The Hall–Kier alpha value is -1.43. The molecule has 0 saturated carbocycles. The van der Waals surface area contributed by atoms with Crippen LogP contribution in [0.25, 0.3) is 10.1 Å². The smallest absolute Gasteiger partial charge is 0.346 e. The van der Waals surface area contributed by atoms with E-state index < -0.39 is 5.97 Å². The number of piperidine rings is 1. The Kier molecular flexibility index (Phi) is 3.74. The first-order chi connectivity index (χ1) is 9.65. The van der Waals surface area contributed by atoms with Crippen molar-refractivity contribution < 1.29 is 15.0 Å². The first kappa shape index (κ1) is 13.5. The van der Waals surface area contributed by atoms with Crippen molar-refractivity contribution in [1.29, 1.82) is 0 Å². The predicted molar refractivity (Wildman–Crippen MR) is 79.3 cm³/mol. The Morgan fingerprint density at radius 2 is 2.00 bits per heavy atom. The average molecular weight is 291 g/mol. The van der Waals surface area contributed by atoms with E-state index in [9.17, 15) is 15.0 Å². The zero-order valence-corrected chi connectivity index (χ0v) is 11.9. The number of hydrogen-bond acceptors (Lipinski definition) is 4. The molecule has 0 amide bonds. The topological polar surface area (TPSA) is 60.8 Å². The van der Waals surface area contributed by atoms with Gasteiger partial charge in [0.2, 0.25) is 0 Å². The SMILES string of the molecule is O=C(O)c1sc2ccccc2c1CN1CCC(O)CC1. The Bertz CT molecular complexity index is 629. The number of hydrogen-bond donors (Lipinski definition) is 2. The number of rotatable bonds is 3. The molecule has 0 radical (unpaired) electrons. The molecule has 4 nitrogen and oxygen atoms in total. The molecular formula is C15H17NO3S. The van der Waals surface area contributed by atoms with Gasteiger partial charge < -0.3 is 10.2 Å². The third-order valence-corrected chi connectivity index (χ3v) is 5.03. The summed E-state index contributed by atoms with van der Waals surface area (Å²) >= 11 is 1.35. The van der Waals surface area contributed by atoms with E-state index in [0.29, 0.717) is 11.4 Å². The van der Waals surface area contributed by atoms with Crippen LogP contribution >= 0.6 is 11.3 Å². The number of carbonyl (C=O) groups is 1. The molecule has 5 heteroatoms. The Morgan fingerprint density at radius 3 is 2.70 bits per heavy atom. The number of carboxylic acid groups (broad SMARTS) is 1. The summed E-state index contributed by atoms with van der Waals surface area (Å²) in [7, 11) is 0. The summed E-state index contributed by atoms with van der Waals surface area (Å²) in [5.74, 6) is -0.849. The van der Waals surface area contributed by atoms with E-state index in [2.05, 4.69) is 4.90 Å². The molecule has 0 aliphatic carbocycles. The van der Waals surface area contributed by atoms with Gasteiger partial charge in [0.1, 0.15) is 4.88 Å². The Balaban J connectivity index is 1.93. The van der Waals surface area contributed by atoms with Crippen LogP contribution in [0.15, 0.2) is 24.3 Å². The average Bonchev–Trinajstić information content (AvgIpc) is 2.81. The molecule has 20 heavy (non-hydrogen) atoms. The molecule has 2 aromatic rings. The van der Waals surface area contributed by atoms with Crippen molar-refractivity contribution in [3.63, 3.8) is 0 Å². The van der Waals surface area contributed by atoms with Gasteiger partial charge in [0, 0.05) is 24.3 Å². The molecule has 0 unspecified atom stereocenters. The van der Waals surface area contributed by atoms with Crippen LogP contribution in [0.5, 0.6) is 0 Å². The molecule has 1 aliphatic rings. The summed E-state index contributed by atoms with van der Waals surface area (Å²) < 4.78 is 1.02. The molecule has 2 N–H and O–H groups in total. The highest BCUT2D eigenvalue weighted by atomic mass is 32.1. The van der Waals surface area contributed by atoms with Crippen LogP contribution in [-0.2, 0) is 6.54 Å². The van der Waals surface area contributed by atoms with Crippen molar-refractivity contribution in [3.05, 3.63) is 34.7 Å². The second-order valence-electron chi connectivity index (χ2n) is 5.22. The van der Waals surface area contributed by atoms with E-state index in [-0.39, 0.29) is 6.10 Å². The largest absolute Gasteiger partial charge is 0.477 e. The lowest BCUT2D eigenvalue weighted by molar-refractivity contribution is 0.0689. The lowest BCUT2D eigenvalue weighted by Gasteiger charge is -2.29. The zero-order valence-electron chi connectivity index (χ0n) is 11.1. The molecule has 0 atom stereocenters. The van der Waals surface area contributed by atoms with Gasteiger partial charge >= 0.3 is 5.97 Å². The number of carboxylic acids is 1. The summed E-state index contributed by atoms with van der Waals surface area (Å²) in [6.45, 7) is 2.30. The molecule has 0 spiro atoms. The highest BCUT2D eigenvalue weighted by Crippen LogP contribution is 2.32. The zero-order chi connectivity index (χ0) is 14.1. The Labute approximate surface area is 121 Å². The fraction of sp³-hybridized carbons (Fsp3) is 0.400. The van der Waals surface area contributed by atoms with Crippen molar-refractivity contribution in [2.24, 2.45) is 0 Å². The van der Waals surface area contributed by atoms with E-state index in [4.69, 9.17) is 0 Å². The minimum absolute atomic E-state index is 0.204. The second-order valence-corrected chi connectivity index (χ2v) is 6.27. The fourth-order valence-corrected chi connectivity index (χ4v) is 3.78. The van der Waals surface area contributed by atoms with Crippen molar-refractivity contribution in [1.82, 2.24) is 4.90 Å². The Morgan fingerprint density at radius 1 is 1.30 bits per heavy atom. The summed E-state index contributed by atoms with van der Waals surface area (Å²) in [4.78, 5) is 14.1. The first-order valence-electron chi connectivity index (χ1n) is 6.79. The third kappa shape index (κ3) is 2.57. The van der Waals surface area contributed by atoms with Crippen LogP contribution in [0.2, 0.25) is 0 Å². The first-order valence-corrected chi connectivity index (χ1v) is 7.61. The summed E-state index contributed by atoms with van der Waals surface area (Å²) in [6, 6.07) is 7.85. The summed E-state index contributed by atoms with van der Waals surface area (Å²) in [6.07, 6.45) is 1.33. The second kappa shape index (κ2) is 5.52. The standard InChI is InChI=1S/C15H17NO3S/c17-10-5-7-16(8-6-10)9-12-11-3-1-2-4-13(11)20-14(12)15(18)19/h1-4,10,17H,5-9H2,(H,18,19). The van der Waals surface area contributed by atoms with Gasteiger partial charge in [-0.2, -0.15) is 0 Å². The van der Waals surface area contributed by atoms with Crippen LogP contribution in [0.1, 0.15) is 28.1 Å². The molecule has 0 bridgehead atoms. The number of aliphatic hydroxyl groups is 1. The van der Waals surface area contributed by atoms with Gasteiger partial charge in [-0.3, -0.25) is 4.90 Å². The van der Waals surface area contributed by atoms with Crippen LogP contribution in [-0.4, -0.2) is 40.3 Å². The third-order valence-electron chi connectivity index (χ3n) is 3.83. The minimum atomic E-state index is -0.849. The van der Waals surface area contributed by atoms with E-state index >= 15 is 0 Å². The van der Waals surface area contributed by atoms with Crippen molar-refractivity contribution in [2.75, 3.05) is 13.1 Å². The summed E-state index contributed by atoms with van der Waals surface area (Å²) in [5, 5.41) is 20.0. The number of nitrogens with zero attached hydrogens (tertiary/aromatic N) is 1. The maximum atomic E-state index is 11.4. The summed E-state index contributed by atoms with van der Waals surface area (Å²) in [5.41, 5.74) is 0.912. The molecule has 2 heterocycles. The molecule has 1 saturated heterocycles. The van der Waals surface area contributed by atoms with E-state index in [1.807, 2.05) is 24.3 Å². The molecule has 1 fully saturated rings. The quantitative estimate of drug-likeness (QED) is 0.912. The van der Waals surface area contributed by atoms with Crippen LogP contribution in [0.3, 0.4) is 0 Å². The highest BCUT2D eigenvalue weighted by Gasteiger charge is 2.22. The van der Waals surface area contributed by atoms with E-state index in [0.717, 1.165) is 41.6 Å². The lowest BCUT2D eigenvalue weighted by atomic mass is 10.1. The molecule has 3 rings (SSSR count). The van der Waals surface area contributed by atoms with Gasteiger partial charge in [0.25, 0.3) is 0 Å². The van der Waals surface area contributed by atoms with E-state index in [1.54, 1.807) is 0 Å². The number of thiophene rings is 1. The van der Waals surface area contributed by atoms with Crippen molar-refractivity contribution >= 4 is 27.4 Å². The molecule has 1 aliphatic heterocycles. The maximum absolute atomic E-state index is 11.4. The number of likely N-dealkylation sites (tertiary alicyclic amines) is 1. The predicted octanol–water partition coefficient (Wildman–Crippen LogP) is 2.56. The molecule has 1 aromatic heterocycles. The minimum Gasteiger partial charge on any atom is -0.477 e. The van der Waals surface area contributed by atoms with Crippen molar-refractivity contribution in [2.45, 2.75) is 25.5 Å². The number of benzene rings is 1. The normalized spacial score (nSPS) is 17.6. The van der Waals surface area contributed by atoms with Crippen LogP contribution < -0.4 is 0 Å². The monoisotopic (exact) mass is 291 g/mol. The molecule has 1 aromatic carbocycles. The van der Waals surface area contributed by atoms with Gasteiger partial charge in [-0.1, -0.05) is 18.2 Å². The van der Waals surface area contributed by atoms with Gasteiger partial charge in [0.05, 0.1) is 6.10 Å². The van der Waals surface area contributed by atoms with Gasteiger partial charge in [-0.05, 0) is 29.9 Å². The number of aliphatic hydroxyl groups excluding tert-OH is 1. The van der Waals surface area contributed by atoms with Crippen molar-refractivity contribution in [3.8, 4) is 0 Å². The molecular weight excluding hydrogens is 274 g/mol. The highest BCUT2D eigenvalue weighted by molar-refractivity contribution is 7.21. The van der Waals surface area contributed by atoms with E-state index in [1.165, 1.54) is 11.3 Å². The maximum Gasteiger partial charge on any atom is 0.346 e. The van der Waals surface area contributed by atoms with Crippen LogP contribution in [0.4, 0.5) is 0 Å². The van der Waals surface area contributed by atoms with Gasteiger partial charge in [-0.15, -0.1) is 11.3 Å². The van der Waals surface area contributed by atoms with Gasteiger partial charge in [-0.25, -0.2) is 4.79 Å². The fourth-order valence-electron chi connectivity index (χ4n) is 2.73. The number of aromatic carboxylic acids is 1. The van der Waals surface area contributed by atoms with Gasteiger partial charge in [0.15, 0.2) is 0 Å². The molecule has 106 valence electrons. The number of fused-ring (bicyclic) bond motifs is 1. The lowest BCUT2D eigenvalue weighted by Crippen LogP contribution is -2.35. The van der Waals surface area contributed by atoms with Crippen LogP contribution in [0, 0.1) is 0 Å².